The lowest BCUT2D eigenvalue weighted by atomic mass is 9.78. The maximum atomic E-state index is 12.5. The summed E-state index contributed by atoms with van der Waals surface area (Å²) >= 11 is 0. The third kappa shape index (κ3) is 3.24. The molecule has 2 fully saturated rings. The number of hydrogen-bond donors (Lipinski definition) is 2. The fourth-order valence-corrected chi connectivity index (χ4v) is 3.47. The van der Waals surface area contributed by atoms with Gasteiger partial charge in [0, 0.05) is 12.3 Å². The molecule has 1 aliphatic carbocycles. The van der Waals surface area contributed by atoms with Crippen molar-refractivity contribution in [3.8, 4) is 0 Å². The van der Waals surface area contributed by atoms with Gasteiger partial charge in [0.2, 0.25) is 11.8 Å². The van der Waals surface area contributed by atoms with E-state index in [1.54, 1.807) is 0 Å². The lowest BCUT2D eigenvalue weighted by Gasteiger charge is -2.41. The molecule has 2 N–H and O–H groups in total. The molecule has 2 unspecified atom stereocenters. The summed E-state index contributed by atoms with van der Waals surface area (Å²) in [5, 5.41) is 6.28. The van der Waals surface area contributed by atoms with Crippen molar-refractivity contribution in [3.05, 3.63) is 0 Å². The number of amides is 2. The molecule has 2 amide bonds. The first-order valence-electron chi connectivity index (χ1n) is 8.15. The zero-order valence-corrected chi connectivity index (χ0v) is 14.2. The smallest absolute Gasteiger partial charge is 0.223 e. The minimum Gasteiger partial charge on any atom is -0.351 e. The first-order valence-corrected chi connectivity index (χ1v) is 8.15. The van der Waals surface area contributed by atoms with Crippen LogP contribution in [-0.4, -0.2) is 23.9 Å². The molecular formula is C17H30N2O2. The third-order valence-electron chi connectivity index (χ3n) is 5.58. The lowest BCUT2D eigenvalue weighted by molar-refractivity contribution is -0.129. The highest BCUT2D eigenvalue weighted by Crippen LogP contribution is 2.57. The van der Waals surface area contributed by atoms with E-state index in [-0.39, 0.29) is 40.6 Å². The maximum Gasteiger partial charge on any atom is 0.223 e. The van der Waals surface area contributed by atoms with Crippen LogP contribution in [0.2, 0.25) is 0 Å². The molecule has 120 valence electrons. The monoisotopic (exact) mass is 294 g/mol. The SMILES string of the molecule is CC(C)C1(C)CC1C(=O)N[C@@H]1CCC(=O)N[C@H]1C(C)(C)C. The number of carbonyl (C=O) groups is 2. The molecule has 4 atom stereocenters. The first-order chi connectivity index (χ1) is 9.55. The summed E-state index contributed by atoms with van der Waals surface area (Å²) in [5.74, 6) is 0.925. The number of carbonyl (C=O) groups excluding carboxylic acids is 2. The van der Waals surface area contributed by atoms with E-state index in [4.69, 9.17) is 0 Å². The van der Waals surface area contributed by atoms with E-state index in [1.807, 2.05) is 0 Å². The van der Waals surface area contributed by atoms with Gasteiger partial charge < -0.3 is 10.6 Å². The Hall–Kier alpha value is -1.06. The van der Waals surface area contributed by atoms with E-state index >= 15 is 0 Å². The van der Waals surface area contributed by atoms with Crippen molar-refractivity contribution in [2.45, 2.75) is 72.9 Å². The summed E-state index contributed by atoms with van der Waals surface area (Å²) in [7, 11) is 0. The van der Waals surface area contributed by atoms with Crippen LogP contribution in [0.1, 0.15) is 60.8 Å². The molecule has 2 aliphatic rings. The second-order valence-corrected chi connectivity index (χ2v) is 8.48. The Labute approximate surface area is 128 Å². The van der Waals surface area contributed by atoms with E-state index in [2.05, 4.69) is 52.2 Å². The summed E-state index contributed by atoms with van der Waals surface area (Å²) in [6.45, 7) is 12.9. The van der Waals surface area contributed by atoms with Crippen LogP contribution in [0.15, 0.2) is 0 Å². The highest BCUT2D eigenvalue weighted by atomic mass is 16.2. The van der Waals surface area contributed by atoms with E-state index in [1.165, 1.54) is 0 Å². The van der Waals surface area contributed by atoms with Gasteiger partial charge in [0.25, 0.3) is 0 Å². The van der Waals surface area contributed by atoms with Crippen molar-refractivity contribution < 1.29 is 9.59 Å². The molecular weight excluding hydrogens is 264 g/mol. The predicted molar refractivity (Wildman–Crippen MR) is 83.6 cm³/mol. The zero-order chi connectivity index (χ0) is 16.0. The molecule has 21 heavy (non-hydrogen) atoms. The van der Waals surface area contributed by atoms with Crippen LogP contribution in [-0.2, 0) is 9.59 Å². The van der Waals surface area contributed by atoms with Gasteiger partial charge in [-0.15, -0.1) is 0 Å². The molecule has 1 aliphatic heterocycles. The number of nitrogens with one attached hydrogen (secondary N) is 2. The Kier molecular flexibility index (Phi) is 4.11. The molecule has 0 aromatic carbocycles. The number of rotatable bonds is 3. The van der Waals surface area contributed by atoms with Gasteiger partial charge in [-0.2, -0.15) is 0 Å². The van der Waals surface area contributed by atoms with Gasteiger partial charge in [-0.3, -0.25) is 9.59 Å². The molecule has 0 bridgehead atoms. The Balaban J connectivity index is 2.01. The third-order valence-corrected chi connectivity index (χ3v) is 5.58. The zero-order valence-electron chi connectivity index (χ0n) is 14.2. The lowest BCUT2D eigenvalue weighted by Crippen LogP contribution is -2.60. The quantitative estimate of drug-likeness (QED) is 0.840. The highest BCUT2D eigenvalue weighted by molar-refractivity contribution is 5.83. The highest BCUT2D eigenvalue weighted by Gasteiger charge is 2.56. The number of piperidine rings is 1. The molecule has 0 spiro atoms. The van der Waals surface area contributed by atoms with Gasteiger partial charge in [0.05, 0.1) is 12.1 Å². The first kappa shape index (κ1) is 16.3. The van der Waals surface area contributed by atoms with Gasteiger partial charge in [-0.1, -0.05) is 41.5 Å². The van der Waals surface area contributed by atoms with Crippen molar-refractivity contribution in [2.24, 2.45) is 22.7 Å². The summed E-state index contributed by atoms with van der Waals surface area (Å²) in [6.07, 6.45) is 2.23. The molecule has 1 saturated carbocycles. The minimum atomic E-state index is -0.0566. The number of hydrogen-bond acceptors (Lipinski definition) is 2. The van der Waals surface area contributed by atoms with E-state index < -0.39 is 0 Å². The average molecular weight is 294 g/mol. The summed E-state index contributed by atoms with van der Waals surface area (Å²) in [4.78, 5) is 24.2. The molecule has 4 nitrogen and oxygen atoms in total. The molecule has 1 heterocycles. The Morgan fingerprint density at radius 3 is 2.48 bits per heavy atom. The second-order valence-electron chi connectivity index (χ2n) is 8.48. The van der Waals surface area contributed by atoms with Crippen LogP contribution < -0.4 is 10.6 Å². The molecule has 0 aromatic rings. The topological polar surface area (TPSA) is 58.2 Å². The van der Waals surface area contributed by atoms with Crippen LogP contribution in [0.25, 0.3) is 0 Å². The molecule has 0 aromatic heterocycles. The van der Waals surface area contributed by atoms with Gasteiger partial charge in [-0.25, -0.2) is 0 Å². The van der Waals surface area contributed by atoms with Crippen molar-refractivity contribution in [1.82, 2.24) is 10.6 Å². The standard InChI is InChI=1S/C17H30N2O2/c1-10(2)17(6)9-11(17)15(21)18-12-7-8-13(20)19-14(12)16(3,4)5/h10-12,14H,7-9H2,1-6H3,(H,18,21)(H,19,20)/t11?,12-,14-,17?/m1/s1. The predicted octanol–water partition coefficient (Wildman–Crippen LogP) is 2.48. The van der Waals surface area contributed by atoms with Crippen LogP contribution in [0.3, 0.4) is 0 Å². The normalized spacial score (nSPS) is 36.3. The fourth-order valence-electron chi connectivity index (χ4n) is 3.47. The largest absolute Gasteiger partial charge is 0.351 e. The van der Waals surface area contributed by atoms with Crippen LogP contribution in [0, 0.1) is 22.7 Å². The maximum absolute atomic E-state index is 12.5. The molecule has 0 radical (unpaired) electrons. The Morgan fingerprint density at radius 2 is 2.00 bits per heavy atom. The van der Waals surface area contributed by atoms with Gasteiger partial charge in [-0.05, 0) is 29.6 Å². The van der Waals surface area contributed by atoms with Crippen LogP contribution in [0.4, 0.5) is 0 Å². The summed E-state index contributed by atoms with van der Waals surface area (Å²) in [5.41, 5.74) is 0.0954. The van der Waals surface area contributed by atoms with E-state index in [0.717, 1.165) is 12.8 Å². The van der Waals surface area contributed by atoms with Crippen LogP contribution >= 0.6 is 0 Å². The van der Waals surface area contributed by atoms with Crippen molar-refractivity contribution in [1.29, 1.82) is 0 Å². The van der Waals surface area contributed by atoms with Gasteiger partial charge in [0.1, 0.15) is 0 Å². The second kappa shape index (κ2) is 5.29. The molecule has 2 rings (SSSR count). The van der Waals surface area contributed by atoms with E-state index in [0.29, 0.717) is 12.3 Å². The van der Waals surface area contributed by atoms with Crippen molar-refractivity contribution in [2.75, 3.05) is 0 Å². The Morgan fingerprint density at radius 1 is 1.38 bits per heavy atom. The van der Waals surface area contributed by atoms with Crippen molar-refractivity contribution in [3.63, 3.8) is 0 Å². The summed E-state index contributed by atoms with van der Waals surface area (Å²) in [6, 6.07) is 0.0546. The van der Waals surface area contributed by atoms with E-state index in [9.17, 15) is 9.59 Å². The summed E-state index contributed by atoms with van der Waals surface area (Å²) < 4.78 is 0. The average Bonchev–Trinajstić information content (AvgIpc) is 3.04. The van der Waals surface area contributed by atoms with Gasteiger partial charge in [0.15, 0.2) is 0 Å². The minimum absolute atomic E-state index is 0.00626. The molecule has 4 heteroatoms. The molecule has 1 saturated heterocycles. The fraction of sp³-hybridized carbons (Fsp3) is 0.882. The van der Waals surface area contributed by atoms with Crippen molar-refractivity contribution >= 4 is 11.8 Å². The van der Waals surface area contributed by atoms with Crippen LogP contribution in [0.5, 0.6) is 0 Å². The van der Waals surface area contributed by atoms with Gasteiger partial charge >= 0.3 is 0 Å². The Bertz CT molecular complexity index is 439.